The Labute approximate surface area is 133 Å². The number of benzene rings is 1. The van der Waals surface area contributed by atoms with E-state index in [1.807, 2.05) is 24.3 Å². The number of methoxy groups -OCH3 is 1. The van der Waals surface area contributed by atoms with E-state index in [0.29, 0.717) is 5.69 Å². The van der Waals surface area contributed by atoms with Gasteiger partial charge in [0.1, 0.15) is 16.5 Å². The fourth-order valence-corrected chi connectivity index (χ4v) is 3.27. The van der Waals surface area contributed by atoms with Crippen molar-refractivity contribution in [2.45, 2.75) is 32.8 Å². The predicted octanol–water partition coefficient (Wildman–Crippen LogP) is 3.26. The molecular formula is C16H19N3O2S. The molecule has 0 aliphatic heterocycles. The smallest absolute Gasteiger partial charge is 0.213 e. The molecule has 0 spiro atoms. The fourth-order valence-electron chi connectivity index (χ4n) is 2.29. The van der Waals surface area contributed by atoms with Crippen molar-refractivity contribution in [1.82, 2.24) is 14.6 Å². The van der Waals surface area contributed by atoms with E-state index < -0.39 is 0 Å². The molecule has 0 aliphatic carbocycles. The van der Waals surface area contributed by atoms with Gasteiger partial charge in [-0.2, -0.15) is 5.10 Å². The Hall–Kier alpha value is -1.92. The van der Waals surface area contributed by atoms with Gasteiger partial charge in [0.15, 0.2) is 0 Å². The molecule has 0 atom stereocenters. The van der Waals surface area contributed by atoms with Crippen LogP contribution < -0.4 is 4.74 Å². The standard InChI is InChI=1S/C16H19N3O2S/c1-16(2,3)14-18-19-11(9-20)13(17-15(19)22-14)10-7-5-6-8-12(10)21-4/h5-8,20H,9H2,1-4H3. The molecular weight excluding hydrogens is 298 g/mol. The zero-order valence-corrected chi connectivity index (χ0v) is 13.9. The van der Waals surface area contributed by atoms with E-state index in [9.17, 15) is 5.11 Å². The first-order valence-electron chi connectivity index (χ1n) is 7.09. The molecule has 0 unspecified atom stereocenters. The van der Waals surface area contributed by atoms with Crippen molar-refractivity contribution in [1.29, 1.82) is 0 Å². The summed E-state index contributed by atoms with van der Waals surface area (Å²) >= 11 is 1.55. The molecule has 0 radical (unpaired) electrons. The molecule has 5 nitrogen and oxygen atoms in total. The van der Waals surface area contributed by atoms with Crippen LogP contribution in [0, 0.1) is 0 Å². The molecule has 6 heteroatoms. The van der Waals surface area contributed by atoms with E-state index >= 15 is 0 Å². The summed E-state index contributed by atoms with van der Waals surface area (Å²) in [5, 5.41) is 15.4. The van der Waals surface area contributed by atoms with Gasteiger partial charge < -0.3 is 9.84 Å². The molecule has 0 amide bonds. The minimum absolute atomic E-state index is 0.0390. The molecule has 0 saturated carbocycles. The highest BCUT2D eigenvalue weighted by Gasteiger charge is 2.24. The fraction of sp³-hybridized carbons (Fsp3) is 0.375. The van der Waals surface area contributed by atoms with E-state index in [1.165, 1.54) is 0 Å². The number of hydrogen-bond donors (Lipinski definition) is 1. The molecule has 3 aromatic rings. The minimum atomic E-state index is -0.123. The van der Waals surface area contributed by atoms with Gasteiger partial charge in [-0.25, -0.2) is 9.50 Å². The van der Waals surface area contributed by atoms with E-state index in [4.69, 9.17) is 4.74 Å². The van der Waals surface area contributed by atoms with Gasteiger partial charge in [-0.1, -0.05) is 44.2 Å². The normalized spacial score (nSPS) is 12.0. The van der Waals surface area contributed by atoms with Crippen LogP contribution in [0.2, 0.25) is 0 Å². The predicted molar refractivity (Wildman–Crippen MR) is 87.5 cm³/mol. The zero-order chi connectivity index (χ0) is 15.9. The molecule has 0 aliphatic rings. The van der Waals surface area contributed by atoms with Crippen LogP contribution in [0.15, 0.2) is 24.3 Å². The largest absolute Gasteiger partial charge is 0.496 e. The lowest BCUT2D eigenvalue weighted by Gasteiger charge is -2.13. The lowest BCUT2D eigenvalue weighted by molar-refractivity contribution is 0.274. The monoisotopic (exact) mass is 317 g/mol. The summed E-state index contributed by atoms with van der Waals surface area (Å²) in [5.41, 5.74) is 2.23. The number of aromatic nitrogens is 3. The number of nitrogens with zero attached hydrogens (tertiary/aromatic N) is 3. The lowest BCUT2D eigenvalue weighted by atomic mass is 9.98. The van der Waals surface area contributed by atoms with E-state index in [0.717, 1.165) is 27.0 Å². The van der Waals surface area contributed by atoms with Crippen LogP contribution in [0.1, 0.15) is 31.5 Å². The first-order valence-corrected chi connectivity index (χ1v) is 7.90. The molecule has 2 aromatic heterocycles. The average molecular weight is 317 g/mol. The molecule has 3 rings (SSSR count). The third kappa shape index (κ3) is 2.38. The number of fused-ring (bicyclic) bond motifs is 1. The van der Waals surface area contributed by atoms with Gasteiger partial charge in [0.25, 0.3) is 0 Å². The number of hydrogen-bond acceptors (Lipinski definition) is 5. The Morgan fingerprint density at radius 1 is 1.27 bits per heavy atom. The summed E-state index contributed by atoms with van der Waals surface area (Å²) in [6.45, 7) is 6.23. The van der Waals surface area contributed by atoms with Crippen molar-refractivity contribution >= 4 is 16.3 Å². The lowest BCUT2D eigenvalue weighted by Crippen LogP contribution is -2.11. The summed E-state index contributed by atoms with van der Waals surface area (Å²) < 4.78 is 7.14. The number of imidazole rings is 1. The van der Waals surface area contributed by atoms with E-state index in [-0.39, 0.29) is 12.0 Å². The summed E-state index contributed by atoms with van der Waals surface area (Å²) in [6, 6.07) is 7.67. The quantitative estimate of drug-likeness (QED) is 0.805. The Balaban J connectivity index is 2.21. The Bertz CT molecular complexity index is 815. The second-order valence-electron chi connectivity index (χ2n) is 6.12. The van der Waals surface area contributed by atoms with Gasteiger partial charge in [-0.3, -0.25) is 0 Å². The van der Waals surface area contributed by atoms with Crippen molar-refractivity contribution in [2.75, 3.05) is 7.11 Å². The topological polar surface area (TPSA) is 59.7 Å². The maximum atomic E-state index is 9.81. The van der Waals surface area contributed by atoms with Crippen molar-refractivity contribution in [3.8, 4) is 17.0 Å². The van der Waals surface area contributed by atoms with Crippen LogP contribution >= 0.6 is 11.3 Å². The first-order chi connectivity index (χ1) is 10.5. The van der Waals surface area contributed by atoms with Crippen LogP contribution in [0.25, 0.3) is 16.2 Å². The molecule has 22 heavy (non-hydrogen) atoms. The van der Waals surface area contributed by atoms with Crippen molar-refractivity contribution < 1.29 is 9.84 Å². The van der Waals surface area contributed by atoms with Crippen molar-refractivity contribution in [3.05, 3.63) is 35.0 Å². The molecule has 1 aromatic carbocycles. The maximum absolute atomic E-state index is 9.81. The highest BCUT2D eigenvalue weighted by Crippen LogP contribution is 2.35. The average Bonchev–Trinajstić information content (AvgIpc) is 3.03. The van der Waals surface area contributed by atoms with Gasteiger partial charge in [0, 0.05) is 11.0 Å². The summed E-state index contributed by atoms with van der Waals surface area (Å²) in [6.07, 6.45) is 0. The molecule has 0 fully saturated rings. The number of aliphatic hydroxyl groups is 1. The van der Waals surface area contributed by atoms with Crippen molar-refractivity contribution in [3.63, 3.8) is 0 Å². The third-order valence-corrected chi connectivity index (χ3v) is 4.78. The summed E-state index contributed by atoms with van der Waals surface area (Å²) in [5.74, 6) is 0.735. The Morgan fingerprint density at radius 3 is 2.64 bits per heavy atom. The number of rotatable bonds is 3. The van der Waals surface area contributed by atoms with Gasteiger partial charge >= 0.3 is 0 Å². The van der Waals surface area contributed by atoms with Crippen LogP contribution in [0.4, 0.5) is 0 Å². The molecule has 0 bridgehead atoms. The van der Waals surface area contributed by atoms with Gasteiger partial charge in [-0.15, -0.1) is 0 Å². The highest BCUT2D eigenvalue weighted by molar-refractivity contribution is 7.16. The van der Waals surface area contributed by atoms with Crippen LogP contribution in [0.3, 0.4) is 0 Å². The molecule has 2 heterocycles. The van der Waals surface area contributed by atoms with Crippen LogP contribution in [-0.2, 0) is 12.0 Å². The Kier molecular flexibility index (Phi) is 3.66. The summed E-state index contributed by atoms with van der Waals surface area (Å²) in [7, 11) is 1.63. The van der Waals surface area contributed by atoms with Gasteiger partial charge in [-0.05, 0) is 12.1 Å². The first kappa shape index (κ1) is 15.0. The number of para-hydroxylation sites is 1. The second-order valence-corrected chi connectivity index (χ2v) is 7.07. The van der Waals surface area contributed by atoms with Gasteiger partial charge in [0.2, 0.25) is 4.96 Å². The van der Waals surface area contributed by atoms with Crippen molar-refractivity contribution in [2.24, 2.45) is 0 Å². The number of ether oxygens (including phenoxy) is 1. The maximum Gasteiger partial charge on any atom is 0.213 e. The highest BCUT2D eigenvalue weighted by atomic mass is 32.1. The Morgan fingerprint density at radius 2 is 2.00 bits per heavy atom. The SMILES string of the molecule is COc1ccccc1-c1nc2sc(C(C)(C)C)nn2c1CO. The van der Waals surface area contributed by atoms with E-state index in [2.05, 4.69) is 30.9 Å². The van der Waals surface area contributed by atoms with Crippen LogP contribution in [0.5, 0.6) is 5.75 Å². The number of aliphatic hydroxyl groups excluding tert-OH is 1. The molecule has 0 saturated heterocycles. The van der Waals surface area contributed by atoms with Crippen LogP contribution in [-0.4, -0.2) is 26.8 Å². The summed E-state index contributed by atoms with van der Waals surface area (Å²) in [4.78, 5) is 5.46. The molecule has 1 N–H and O–H groups in total. The molecule has 116 valence electrons. The zero-order valence-electron chi connectivity index (χ0n) is 13.1. The van der Waals surface area contributed by atoms with E-state index in [1.54, 1.807) is 23.0 Å². The van der Waals surface area contributed by atoms with Gasteiger partial charge in [0.05, 0.1) is 19.4 Å². The second kappa shape index (κ2) is 5.37. The third-order valence-electron chi connectivity index (χ3n) is 3.45. The minimum Gasteiger partial charge on any atom is -0.496 e.